The van der Waals surface area contributed by atoms with Crippen LogP contribution in [0.1, 0.15) is 18.1 Å². The second kappa shape index (κ2) is 9.09. The van der Waals surface area contributed by atoms with E-state index in [1.165, 1.54) is 0 Å². The molecule has 0 aliphatic carbocycles. The van der Waals surface area contributed by atoms with Crippen LogP contribution < -0.4 is 10.6 Å². The monoisotopic (exact) mass is 442 g/mol. The summed E-state index contributed by atoms with van der Waals surface area (Å²) >= 11 is 6.01. The van der Waals surface area contributed by atoms with Gasteiger partial charge in [-0.25, -0.2) is 4.98 Å². The van der Waals surface area contributed by atoms with Gasteiger partial charge >= 0.3 is 6.18 Å². The first-order chi connectivity index (χ1) is 14.1. The quantitative estimate of drug-likeness (QED) is 0.716. The maximum Gasteiger partial charge on any atom is 0.417 e. The van der Waals surface area contributed by atoms with Crippen molar-refractivity contribution < 1.29 is 22.7 Å². The highest BCUT2D eigenvalue weighted by Gasteiger charge is 2.33. The number of anilines is 2. The summed E-state index contributed by atoms with van der Waals surface area (Å²) in [6.07, 6.45) is -4.35. The lowest BCUT2D eigenvalue weighted by Gasteiger charge is -2.36. The molecule has 30 heavy (non-hydrogen) atoms. The van der Waals surface area contributed by atoms with Crippen molar-refractivity contribution in [3.8, 4) is 0 Å². The Morgan fingerprint density at radius 3 is 2.43 bits per heavy atom. The number of halogens is 4. The van der Waals surface area contributed by atoms with E-state index in [0.717, 1.165) is 17.8 Å². The van der Waals surface area contributed by atoms with Gasteiger partial charge in [0.05, 0.1) is 17.2 Å². The van der Waals surface area contributed by atoms with Crippen LogP contribution in [0.4, 0.5) is 24.7 Å². The van der Waals surface area contributed by atoms with Crippen molar-refractivity contribution in [3.63, 3.8) is 0 Å². The molecule has 162 valence electrons. The van der Waals surface area contributed by atoms with Crippen molar-refractivity contribution in [2.24, 2.45) is 0 Å². The Balaban J connectivity index is 1.53. The van der Waals surface area contributed by atoms with Crippen molar-refractivity contribution in [1.82, 2.24) is 9.88 Å². The number of piperazine rings is 1. The average molecular weight is 443 g/mol. The van der Waals surface area contributed by atoms with E-state index in [4.69, 9.17) is 22.1 Å². The normalized spacial score (nSPS) is 15.9. The lowest BCUT2D eigenvalue weighted by atomic mass is 10.2. The van der Waals surface area contributed by atoms with E-state index in [1.54, 1.807) is 28.9 Å². The third-order valence-corrected chi connectivity index (χ3v) is 5.15. The zero-order valence-corrected chi connectivity index (χ0v) is 17.1. The van der Waals surface area contributed by atoms with Crippen molar-refractivity contribution in [2.75, 3.05) is 36.8 Å². The predicted molar refractivity (Wildman–Crippen MR) is 108 cm³/mol. The number of hydrogen-bond donors (Lipinski definition) is 1. The van der Waals surface area contributed by atoms with E-state index in [2.05, 4.69) is 4.98 Å². The maximum absolute atomic E-state index is 12.8. The van der Waals surface area contributed by atoms with Crippen LogP contribution in [-0.2, 0) is 22.3 Å². The van der Waals surface area contributed by atoms with Gasteiger partial charge < -0.3 is 20.3 Å². The summed E-state index contributed by atoms with van der Waals surface area (Å²) in [5.74, 6) is 0.140. The zero-order chi connectivity index (χ0) is 21.9. The van der Waals surface area contributed by atoms with Crippen LogP contribution in [0.5, 0.6) is 0 Å². The SMILES string of the molecule is CC(OCc1ccc(N)cc1)C(=O)N1CCN(c2ncc(C(F)(F)F)cc2Cl)CC1. The van der Waals surface area contributed by atoms with E-state index >= 15 is 0 Å². The number of aromatic nitrogens is 1. The summed E-state index contributed by atoms with van der Waals surface area (Å²) in [5.41, 5.74) is 6.33. The fourth-order valence-electron chi connectivity index (χ4n) is 3.12. The minimum atomic E-state index is -4.50. The number of pyridine rings is 1. The number of nitrogens with zero attached hydrogens (tertiary/aromatic N) is 3. The lowest BCUT2D eigenvalue weighted by molar-refractivity contribution is -0.143. The number of nitrogens with two attached hydrogens (primary N) is 1. The maximum atomic E-state index is 12.8. The molecule has 2 N–H and O–H groups in total. The Morgan fingerprint density at radius 1 is 1.23 bits per heavy atom. The molecule has 2 heterocycles. The first-order valence-electron chi connectivity index (χ1n) is 9.37. The minimum Gasteiger partial charge on any atom is -0.399 e. The van der Waals surface area contributed by atoms with E-state index in [-0.39, 0.29) is 23.4 Å². The van der Waals surface area contributed by atoms with E-state index < -0.39 is 17.8 Å². The van der Waals surface area contributed by atoms with Gasteiger partial charge in [0.25, 0.3) is 5.91 Å². The van der Waals surface area contributed by atoms with E-state index in [0.29, 0.717) is 31.9 Å². The van der Waals surface area contributed by atoms with E-state index in [1.807, 2.05) is 12.1 Å². The third-order valence-electron chi connectivity index (χ3n) is 4.87. The molecule has 1 aliphatic rings. The first-order valence-corrected chi connectivity index (χ1v) is 9.75. The van der Waals surface area contributed by atoms with Crippen molar-refractivity contribution in [3.05, 3.63) is 52.7 Å². The molecule has 1 saturated heterocycles. The van der Waals surface area contributed by atoms with Gasteiger partial charge in [-0.3, -0.25) is 4.79 Å². The molecule has 6 nitrogen and oxygen atoms in total. The average Bonchev–Trinajstić information content (AvgIpc) is 2.72. The van der Waals surface area contributed by atoms with Gasteiger partial charge in [0.1, 0.15) is 11.9 Å². The lowest BCUT2D eigenvalue weighted by Crippen LogP contribution is -2.51. The summed E-state index contributed by atoms with van der Waals surface area (Å²) in [5, 5.41) is -0.0650. The number of benzene rings is 1. The van der Waals surface area contributed by atoms with Crippen molar-refractivity contribution >= 4 is 29.0 Å². The van der Waals surface area contributed by atoms with Crippen LogP contribution in [0.25, 0.3) is 0 Å². The second-order valence-electron chi connectivity index (χ2n) is 7.03. The largest absolute Gasteiger partial charge is 0.417 e. The number of hydrogen-bond acceptors (Lipinski definition) is 5. The molecule has 10 heteroatoms. The molecule has 0 bridgehead atoms. The molecule has 2 aromatic rings. The summed E-state index contributed by atoms with van der Waals surface area (Å²) in [7, 11) is 0. The van der Waals surface area contributed by atoms with Crippen LogP contribution in [0.2, 0.25) is 5.02 Å². The van der Waals surface area contributed by atoms with Crippen molar-refractivity contribution in [2.45, 2.75) is 25.8 Å². The van der Waals surface area contributed by atoms with Crippen LogP contribution >= 0.6 is 11.6 Å². The van der Waals surface area contributed by atoms with Gasteiger partial charge in [0.15, 0.2) is 0 Å². The van der Waals surface area contributed by atoms with Gasteiger partial charge in [0, 0.05) is 38.1 Å². The molecular weight excluding hydrogens is 421 g/mol. The molecule has 1 atom stereocenters. The molecule has 1 unspecified atom stereocenters. The van der Waals surface area contributed by atoms with Crippen LogP contribution in [0.15, 0.2) is 36.5 Å². The Kier molecular flexibility index (Phi) is 6.72. The Morgan fingerprint density at radius 2 is 1.87 bits per heavy atom. The molecule has 3 rings (SSSR count). The number of nitrogen functional groups attached to an aromatic ring is 1. The predicted octanol–water partition coefficient (Wildman–Crippen LogP) is 3.59. The molecular formula is C20H22ClF3N4O2. The Bertz CT molecular complexity index is 885. The molecule has 0 spiro atoms. The molecule has 1 fully saturated rings. The molecule has 1 aliphatic heterocycles. The Labute approximate surface area is 177 Å². The molecule has 0 radical (unpaired) electrons. The number of amides is 1. The summed E-state index contributed by atoms with van der Waals surface area (Å²) in [6.45, 7) is 3.60. The standard InChI is InChI=1S/C20H22ClF3N4O2/c1-13(30-12-14-2-4-16(25)5-3-14)19(29)28-8-6-27(7-9-28)18-17(21)10-15(11-26-18)20(22,23)24/h2-5,10-11,13H,6-9,12,25H2,1H3. The van der Waals surface area contributed by atoms with Gasteiger partial charge in [-0.15, -0.1) is 0 Å². The number of carbonyl (C=O) groups is 1. The Hall–Kier alpha value is -2.52. The fourth-order valence-corrected chi connectivity index (χ4v) is 3.41. The minimum absolute atomic E-state index is 0.0650. The highest BCUT2D eigenvalue weighted by atomic mass is 35.5. The van der Waals surface area contributed by atoms with Gasteiger partial charge in [-0.05, 0) is 30.7 Å². The highest BCUT2D eigenvalue weighted by Crippen LogP contribution is 2.33. The van der Waals surface area contributed by atoms with E-state index in [9.17, 15) is 18.0 Å². The van der Waals surface area contributed by atoms with Crippen LogP contribution in [-0.4, -0.2) is 48.1 Å². The smallest absolute Gasteiger partial charge is 0.399 e. The topological polar surface area (TPSA) is 71.7 Å². The van der Waals surface area contributed by atoms with Gasteiger partial charge in [-0.2, -0.15) is 13.2 Å². The molecule has 1 aromatic heterocycles. The highest BCUT2D eigenvalue weighted by molar-refractivity contribution is 6.33. The summed E-state index contributed by atoms with van der Waals surface area (Å²) < 4.78 is 44.0. The summed E-state index contributed by atoms with van der Waals surface area (Å²) in [6, 6.07) is 8.09. The third kappa shape index (κ3) is 5.34. The fraction of sp³-hybridized carbons (Fsp3) is 0.400. The first kappa shape index (κ1) is 22.2. The van der Waals surface area contributed by atoms with Gasteiger partial charge in [-0.1, -0.05) is 23.7 Å². The molecule has 1 aromatic carbocycles. The second-order valence-corrected chi connectivity index (χ2v) is 7.44. The van der Waals surface area contributed by atoms with Crippen LogP contribution in [0.3, 0.4) is 0 Å². The number of carbonyl (C=O) groups excluding carboxylic acids is 1. The molecule has 1 amide bonds. The number of ether oxygens (including phenoxy) is 1. The number of alkyl halides is 3. The molecule has 0 saturated carbocycles. The summed E-state index contributed by atoms with van der Waals surface area (Å²) in [4.78, 5) is 20.0. The van der Waals surface area contributed by atoms with Crippen LogP contribution in [0, 0.1) is 0 Å². The van der Waals surface area contributed by atoms with Gasteiger partial charge in [0.2, 0.25) is 0 Å². The number of rotatable bonds is 5. The zero-order valence-electron chi connectivity index (χ0n) is 16.3. The van der Waals surface area contributed by atoms with Crippen molar-refractivity contribution in [1.29, 1.82) is 0 Å².